The zero-order valence-electron chi connectivity index (χ0n) is 17.0. The van der Waals surface area contributed by atoms with Crippen molar-refractivity contribution < 1.29 is 4.39 Å². The van der Waals surface area contributed by atoms with Crippen LogP contribution in [0.15, 0.2) is 66.0 Å². The number of benzene rings is 2. The number of imidazole rings is 1. The Morgan fingerprint density at radius 2 is 2.00 bits per heavy atom. The van der Waals surface area contributed by atoms with Crippen LogP contribution in [0, 0.1) is 5.82 Å². The highest BCUT2D eigenvalue weighted by Crippen LogP contribution is 2.29. The molecule has 0 unspecified atom stereocenters. The third-order valence-electron chi connectivity index (χ3n) is 5.38. The van der Waals surface area contributed by atoms with Gasteiger partial charge in [0.1, 0.15) is 17.7 Å². The predicted octanol–water partition coefficient (Wildman–Crippen LogP) is 5.01. The lowest BCUT2D eigenvalue weighted by atomic mass is 10.0. The van der Waals surface area contributed by atoms with E-state index in [0.717, 1.165) is 0 Å². The number of anilines is 1. The minimum atomic E-state index is -0.565. The Kier molecular flexibility index (Phi) is 5.07. The molecule has 0 amide bonds. The summed E-state index contributed by atoms with van der Waals surface area (Å²) in [7, 11) is 0. The van der Waals surface area contributed by atoms with E-state index in [1.807, 2.05) is 13.0 Å². The predicted molar refractivity (Wildman–Crippen MR) is 123 cm³/mol. The first-order valence-electron chi connectivity index (χ1n) is 10.1. The SMILES string of the molecule is CC[C@H](Nc1ncnc2[nH]cnc12)c1cc2cccc(F)c2c(=O)n1-c1cccc(Cl)c1. The number of hydrogen-bond donors (Lipinski definition) is 2. The molecule has 0 aliphatic heterocycles. The standard InChI is InChI=1S/C23H18ClFN6O/c1-2-17(30-22-20-21(27-11-26-20)28-12-29-22)18-9-13-5-3-8-16(25)19(13)23(32)31(18)15-7-4-6-14(24)10-15/h3-12,17H,2H2,1H3,(H2,26,27,28,29,30)/t17-/m0/s1. The van der Waals surface area contributed by atoms with Crippen molar-refractivity contribution in [3.8, 4) is 5.69 Å². The van der Waals surface area contributed by atoms with Gasteiger partial charge in [0.25, 0.3) is 5.56 Å². The normalized spacial score (nSPS) is 12.3. The first-order chi connectivity index (χ1) is 15.6. The Morgan fingerprint density at radius 3 is 2.81 bits per heavy atom. The molecule has 0 radical (unpaired) electrons. The zero-order valence-corrected chi connectivity index (χ0v) is 17.8. The van der Waals surface area contributed by atoms with Gasteiger partial charge >= 0.3 is 0 Å². The summed E-state index contributed by atoms with van der Waals surface area (Å²) in [6.45, 7) is 1.99. The number of rotatable bonds is 5. The molecule has 0 spiro atoms. The third-order valence-corrected chi connectivity index (χ3v) is 5.62. The van der Waals surface area contributed by atoms with E-state index in [0.29, 0.717) is 45.2 Å². The molecule has 5 rings (SSSR count). The molecule has 160 valence electrons. The summed E-state index contributed by atoms with van der Waals surface area (Å²) in [5, 5.41) is 4.42. The smallest absolute Gasteiger partial charge is 0.266 e. The Morgan fingerprint density at radius 1 is 1.16 bits per heavy atom. The topological polar surface area (TPSA) is 88.5 Å². The quantitative estimate of drug-likeness (QED) is 0.394. The van der Waals surface area contributed by atoms with Crippen molar-refractivity contribution in [2.24, 2.45) is 0 Å². The number of pyridine rings is 1. The third kappa shape index (κ3) is 3.38. The van der Waals surface area contributed by atoms with Crippen molar-refractivity contribution in [3.05, 3.63) is 88.1 Å². The molecule has 0 aliphatic carbocycles. The molecule has 0 fully saturated rings. The van der Waals surface area contributed by atoms with Gasteiger partial charge < -0.3 is 10.3 Å². The minimum Gasteiger partial charge on any atom is -0.360 e. The van der Waals surface area contributed by atoms with Crippen LogP contribution in [0.1, 0.15) is 25.1 Å². The van der Waals surface area contributed by atoms with E-state index >= 15 is 0 Å². The van der Waals surface area contributed by atoms with Gasteiger partial charge in [-0.05, 0) is 42.1 Å². The van der Waals surface area contributed by atoms with Crippen molar-refractivity contribution in [2.45, 2.75) is 19.4 Å². The number of aromatic nitrogens is 5. The summed E-state index contributed by atoms with van der Waals surface area (Å²) < 4.78 is 16.1. The van der Waals surface area contributed by atoms with E-state index in [4.69, 9.17) is 11.6 Å². The molecular formula is C23H18ClFN6O. The summed E-state index contributed by atoms with van der Waals surface area (Å²) >= 11 is 6.21. The number of nitrogens with zero attached hydrogens (tertiary/aromatic N) is 4. The molecule has 2 N–H and O–H groups in total. The molecule has 0 aliphatic rings. The minimum absolute atomic E-state index is 0.0304. The maximum Gasteiger partial charge on any atom is 0.266 e. The van der Waals surface area contributed by atoms with Gasteiger partial charge in [0.15, 0.2) is 11.5 Å². The van der Waals surface area contributed by atoms with Crippen LogP contribution < -0.4 is 10.9 Å². The largest absolute Gasteiger partial charge is 0.360 e. The van der Waals surface area contributed by atoms with Crippen molar-refractivity contribution in [2.75, 3.05) is 5.32 Å². The van der Waals surface area contributed by atoms with Crippen LogP contribution in [0.5, 0.6) is 0 Å². The van der Waals surface area contributed by atoms with E-state index in [2.05, 4.69) is 25.3 Å². The average molecular weight is 449 g/mol. The fourth-order valence-electron chi connectivity index (χ4n) is 3.90. The van der Waals surface area contributed by atoms with Crippen LogP contribution in [-0.2, 0) is 0 Å². The van der Waals surface area contributed by atoms with Gasteiger partial charge in [-0.1, -0.05) is 36.7 Å². The molecule has 9 heteroatoms. The molecule has 1 atom stereocenters. The van der Waals surface area contributed by atoms with Crippen LogP contribution in [0.4, 0.5) is 10.2 Å². The average Bonchev–Trinajstić information content (AvgIpc) is 3.27. The monoisotopic (exact) mass is 448 g/mol. The summed E-state index contributed by atoms with van der Waals surface area (Å²) in [5.41, 5.74) is 1.95. The maximum atomic E-state index is 14.6. The zero-order chi connectivity index (χ0) is 22.2. The molecule has 0 saturated carbocycles. The summed E-state index contributed by atoms with van der Waals surface area (Å²) in [6, 6.07) is 13.0. The van der Waals surface area contributed by atoms with E-state index < -0.39 is 11.4 Å². The van der Waals surface area contributed by atoms with Gasteiger partial charge in [0.05, 0.1) is 23.4 Å². The fourth-order valence-corrected chi connectivity index (χ4v) is 4.08. The summed E-state index contributed by atoms with van der Waals surface area (Å²) in [4.78, 5) is 29.3. The molecule has 32 heavy (non-hydrogen) atoms. The number of aromatic amines is 1. The first kappa shape index (κ1) is 20.1. The highest BCUT2D eigenvalue weighted by molar-refractivity contribution is 6.30. The lowest BCUT2D eigenvalue weighted by Gasteiger charge is -2.23. The highest BCUT2D eigenvalue weighted by Gasteiger charge is 2.21. The Labute approximate surface area is 186 Å². The molecule has 5 aromatic rings. The van der Waals surface area contributed by atoms with Gasteiger partial charge in [-0.15, -0.1) is 0 Å². The second-order valence-corrected chi connectivity index (χ2v) is 7.76. The van der Waals surface area contributed by atoms with E-state index in [1.165, 1.54) is 17.0 Å². The van der Waals surface area contributed by atoms with Crippen molar-refractivity contribution in [1.82, 2.24) is 24.5 Å². The summed E-state index contributed by atoms with van der Waals surface area (Å²) in [5.74, 6) is -0.0302. The number of H-pyrrole nitrogens is 1. The van der Waals surface area contributed by atoms with Gasteiger partial charge in [-0.25, -0.2) is 19.3 Å². The van der Waals surface area contributed by atoms with Crippen molar-refractivity contribution in [3.63, 3.8) is 0 Å². The van der Waals surface area contributed by atoms with Crippen LogP contribution in [0.2, 0.25) is 5.02 Å². The second-order valence-electron chi connectivity index (χ2n) is 7.32. The highest BCUT2D eigenvalue weighted by atomic mass is 35.5. The van der Waals surface area contributed by atoms with Crippen LogP contribution in [0.3, 0.4) is 0 Å². The van der Waals surface area contributed by atoms with Crippen LogP contribution in [0.25, 0.3) is 27.6 Å². The maximum absolute atomic E-state index is 14.6. The lowest BCUT2D eigenvalue weighted by Crippen LogP contribution is -2.27. The Hall–Kier alpha value is -3.78. The van der Waals surface area contributed by atoms with E-state index in [9.17, 15) is 9.18 Å². The fraction of sp³-hybridized carbons (Fsp3) is 0.130. The first-order valence-corrected chi connectivity index (χ1v) is 10.5. The summed E-state index contributed by atoms with van der Waals surface area (Å²) in [6.07, 6.45) is 3.61. The Balaban J connectivity index is 1.75. The van der Waals surface area contributed by atoms with Gasteiger partial charge in [-0.3, -0.25) is 9.36 Å². The number of nitrogens with one attached hydrogen (secondary N) is 2. The molecule has 0 saturated heterocycles. The number of halogens is 2. The van der Waals surface area contributed by atoms with Gasteiger partial charge in [-0.2, -0.15) is 0 Å². The molecular weight excluding hydrogens is 431 g/mol. The molecule has 7 nitrogen and oxygen atoms in total. The van der Waals surface area contributed by atoms with Crippen molar-refractivity contribution in [1.29, 1.82) is 0 Å². The second kappa shape index (κ2) is 8.05. The molecule has 3 aromatic heterocycles. The number of fused-ring (bicyclic) bond motifs is 2. The van der Waals surface area contributed by atoms with Crippen LogP contribution in [-0.4, -0.2) is 24.5 Å². The van der Waals surface area contributed by atoms with E-state index in [-0.39, 0.29) is 11.4 Å². The van der Waals surface area contributed by atoms with Gasteiger partial charge in [0.2, 0.25) is 0 Å². The Bertz CT molecular complexity index is 1510. The van der Waals surface area contributed by atoms with E-state index in [1.54, 1.807) is 42.7 Å². The van der Waals surface area contributed by atoms with Crippen LogP contribution >= 0.6 is 11.6 Å². The molecule has 0 bridgehead atoms. The number of hydrogen-bond acceptors (Lipinski definition) is 5. The lowest BCUT2D eigenvalue weighted by molar-refractivity contribution is 0.635. The van der Waals surface area contributed by atoms with Crippen molar-refractivity contribution >= 4 is 39.4 Å². The van der Waals surface area contributed by atoms with Gasteiger partial charge in [0, 0.05) is 10.7 Å². The molecule has 3 heterocycles. The molecule has 2 aromatic carbocycles.